The number of nitrogens with zero attached hydrogens (tertiary/aromatic N) is 2. The van der Waals surface area contributed by atoms with Crippen molar-refractivity contribution >= 4 is 51.8 Å². The van der Waals surface area contributed by atoms with E-state index in [0.717, 1.165) is 33.6 Å². The first-order valence-corrected chi connectivity index (χ1v) is 11.3. The number of para-hydroxylation sites is 2. The molecule has 1 N–H and O–H groups in total. The van der Waals surface area contributed by atoms with Crippen molar-refractivity contribution in [3.05, 3.63) is 47.3 Å². The van der Waals surface area contributed by atoms with Crippen LogP contribution in [0.2, 0.25) is 0 Å². The van der Waals surface area contributed by atoms with Crippen LogP contribution in [-0.2, 0) is 26.4 Å². The first-order chi connectivity index (χ1) is 14.3. The van der Waals surface area contributed by atoms with Crippen LogP contribution in [0.15, 0.2) is 35.6 Å². The summed E-state index contributed by atoms with van der Waals surface area (Å²) in [6, 6.07) is 7.65. The first kappa shape index (κ1) is 24.5. The zero-order valence-electron chi connectivity index (χ0n) is 17.7. The molecule has 1 aliphatic rings. The molecule has 0 spiro atoms. The molecule has 1 aliphatic heterocycles. The topological polar surface area (TPSA) is 92.3 Å². The van der Waals surface area contributed by atoms with Crippen LogP contribution in [-0.4, -0.2) is 74.7 Å². The Hall–Kier alpha value is -1.13. The molecule has 1 fully saturated rings. The molecule has 0 bridgehead atoms. The first-order valence-electron chi connectivity index (χ1n) is 10.0. The monoisotopic (exact) mass is 453 g/mol. The molecule has 0 amide bonds. The van der Waals surface area contributed by atoms with Gasteiger partial charge in [0.25, 0.3) is 0 Å². The number of nitrogens with one attached hydrogen (secondary N) is 1. The SMILES string of the molecule is Cc1cnc(C[S@@+]([O-])c2nc3ccccc3[nH]2)c(C)c1OCC1COC(C)(C)OC1.[NaH]. The number of hydrogen-bond acceptors (Lipinski definition) is 6. The molecule has 0 unspecified atom stereocenters. The number of aromatic amines is 1. The summed E-state index contributed by atoms with van der Waals surface area (Å²) < 4.78 is 30.5. The van der Waals surface area contributed by atoms with Crippen LogP contribution in [0.4, 0.5) is 0 Å². The van der Waals surface area contributed by atoms with Gasteiger partial charge in [0.05, 0.1) is 36.5 Å². The molecule has 3 aromatic rings. The third kappa shape index (κ3) is 5.82. The number of imidazole rings is 1. The summed E-state index contributed by atoms with van der Waals surface area (Å²) in [6.07, 6.45) is 1.77. The van der Waals surface area contributed by atoms with Gasteiger partial charge < -0.3 is 18.8 Å². The molecule has 0 radical (unpaired) electrons. The summed E-state index contributed by atoms with van der Waals surface area (Å²) in [5.41, 5.74) is 4.27. The quantitative estimate of drug-likeness (QED) is 0.456. The molecule has 4 rings (SSSR count). The van der Waals surface area contributed by atoms with Gasteiger partial charge >= 0.3 is 34.7 Å². The van der Waals surface area contributed by atoms with Gasteiger partial charge in [-0.25, -0.2) is 0 Å². The van der Waals surface area contributed by atoms with Gasteiger partial charge in [-0.2, -0.15) is 4.98 Å². The zero-order valence-corrected chi connectivity index (χ0v) is 18.5. The summed E-state index contributed by atoms with van der Waals surface area (Å²) in [4.78, 5) is 12.1. The van der Waals surface area contributed by atoms with E-state index in [1.54, 1.807) is 6.20 Å². The normalized spacial score (nSPS) is 17.3. The summed E-state index contributed by atoms with van der Waals surface area (Å²) in [7, 11) is 0. The van der Waals surface area contributed by atoms with Crippen molar-refractivity contribution in [2.75, 3.05) is 19.8 Å². The van der Waals surface area contributed by atoms with Gasteiger partial charge in [-0.15, -0.1) is 0 Å². The number of benzene rings is 1. The van der Waals surface area contributed by atoms with Crippen molar-refractivity contribution in [3.8, 4) is 5.75 Å². The van der Waals surface area contributed by atoms with Crippen LogP contribution in [0.1, 0.15) is 30.7 Å². The predicted octanol–water partition coefficient (Wildman–Crippen LogP) is 3.01. The molecule has 31 heavy (non-hydrogen) atoms. The van der Waals surface area contributed by atoms with Gasteiger partial charge in [0.2, 0.25) is 0 Å². The Morgan fingerprint density at radius 3 is 2.65 bits per heavy atom. The fraction of sp³-hybridized carbons (Fsp3) is 0.455. The minimum absolute atomic E-state index is 0. The van der Waals surface area contributed by atoms with E-state index in [2.05, 4.69) is 15.0 Å². The van der Waals surface area contributed by atoms with Crippen molar-refractivity contribution < 1.29 is 18.8 Å². The van der Waals surface area contributed by atoms with Crippen LogP contribution in [0, 0.1) is 19.8 Å². The van der Waals surface area contributed by atoms with Gasteiger partial charge in [-0.1, -0.05) is 12.1 Å². The third-order valence-electron chi connectivity index (χ3n) is 5.19. The summed E-state index contributed by atoms with van der Waals surface area (Å²) in [6.45, 7) is 9.43. The molecule has 1 saturated heterocycles. The van der Waals surface area contributed by atoms with E-state index >= 15 is 0 Å². The molecule has 0 saturated carbocycles. The van der Waals surface area contributed by atoms with Crippen LogP contribution in [0.25, 0.3) is 11.0 Å². The van der Waals surface area contributed by atoms with E-state index < -0.39 is 17.0 Å². The van der Waals surface area contributed by atoms with Crippen molar-refractivity contribution in [3.63, 3.8) is 0 Å². The molecule has 1 atom stereocenters. The van der Waals surface area contributed by atoms with Crippen molar-refractivity contribution in [2.45, 2.75) is 44.4 Å². The number of fused-ring (bicyclic) bond motifs is 1. The zero-order chi connectivity index (χ0) is 21.3. The second kappa shape index (κ2) is 10.2. The van der Waals surface area contributed by atoms with Crippen LogP contribution < -0.4 is 4.74 Å². The average molecular weight is 454 g/mol. The summed E-state index contributed by atoms with van der Waals surface area (Å²) in [5, 5.41) is 0.458. The number of H-pyrrole nitrogens is 1. The van der Waals surface area contributed by atoms with Crippen LogP contribution in [0.5, 0.6) is 5.75 Å². The Kier molecular flexibility index (Phi) is 8.07. The van der Waals surface area contributed by atoms with Crippen molar-refractivity contribution in [1.29, 1.82) is 0 Å². The van der Waals surface area contributed by atoms with Gasteiger partial charge in [0, 0.05) is 34.4 Å². The molecule has 0 aliphatic carbocycles. The minimum atomic E-state index is -1.33. The van der Waals surface area contributed by atoms with E-state index in [1.807, 2.05) is 52.0 Å². The van der Waals surface area contributed by atoms with E-state index in [-0.39, 0.29) is 41.2 Å². The molecule has 2 aromatic heterocycles. The van der Waals surface area contributed by atoms with E-state index in [1.165, 1.54) is 0 Å². The summed E-state index contributed by atoms with van der Waals surface area (Å²) in [5.74, 6) is 0.684. The van der Waals surface area contributed by atoms with Crippen LogP contribution in [0.3, 0.4) is 0 Å². The second-order valence-electron chi connectivity index (χ2n) is 8.09. The third-order valence-corrected chi connectivity index (χ3v) is 6.35. The number of pyridine rings is 1. The van der Waals surface area contributed by atoms with Gasteiger partial charge in [0.1, 0.15) is 5.75 Å². The van der Waals surface area contributed by atoms with Gasteiger partial charge in [-0.05, 0) is 39.8 Å². The average Bonchev–Trinajstić information content (AvgIpc) is 3.15. The Bertz CT molecular complexity index is 1000. The Morgan fingerprint density at radius 1 is 1.23 bits per heavy atom. The fourth-order valence-electron chi connectivity index (χ4n) is 3.38. The molecular weight excluding hydrogens is 425 g/mol. The number of rotatable bonds is 6. The Labute approximate surface area is 207 Å². The predicted molar refractivity (Wildman–Crippen MR) is 122 cm³/mol. The van der Waals surface area contributed by atoms with Gasteiger partial charge in [0.15, 0.2) is 11.5 Å². The van der Waals surface area contributed by atoms with Crippen molar-refractivity contribution in [1.82, 2.24) is 15.0 Å². The Morgan fingerprint density at radius 2 is 1.94 bits per heavy atom. The van der Waals surface area contributed by atoms with Gasteiger partial charge in [-0.3, -0.25) is 9.97 Å². The molecule has 3 heterocycles. The second-order valence-corrected chi connectivity index (χ2v) is 9.46. The molecular formula is C22H28N3NaO4S. The standard InChI is InChI=1S/C22H27N3O4S.Na.H/c1-14-9-23-19(13-30(26)21-24-17-7-5-6-8-18(17)25-21)15(2)20(14)27-10-16-11-28-22(3,4)29-12-16;;/h5-9,16H,10-13H2,1-4H3,(H,24,25);;/t30-;;/m1../s1. The maximum absolute atomic E-state index is 12.9. The molecule has 7 nitrogen and oxygen atoms in total. The number of aryl methyl sites for hydroxylation is 1. The Balaban J connectivity index is 0.00000272. The van der Waals surface area contributed by atoms with E-state index in [9.17, 15) is 4.55 Å². The van der Waals surface area contributed by atoms with Crippen LogP contribution >= 0.6 is 0 Å². The number of hydrogen-bond donors (Lipinski definition) is 1. The maximum atomic E-state index is 12.9. The van der Waals surface area contributed by atoms with Crippen molar-refractivity contribution in [2.24, 2.45) is 5.92 Å². The molecule has 1 aromatic carbocycles. The molecule has 162 valence electrons. The number of aromatic nitrogens is 3. The molecule has 9 heteroatoms. The fourth-order valence-corrected chi connectivity index (χ4v) is 4.48. The van der Waals surface area contributed by atoms with E-state index in [4.69, 9.17) is 14.2 Å². The summed E-state index contributed by atoms with van der Waals surface area (Å²) >= 11 is -1.33. The number of ether oxygens (including phenoxy) is 3. The van der Waals surface area contributed by atoms with E-state index in [0.29, 0.717) is 25.0 Å².